The third-order valence-corrected chi connectivity index (χ3v) is 2.95. The van der Waals surface area contributed by atoms with E-state index in [0.717, 1.165) is 5.69 Å². The lowest BCUT2D eigenvalue weighted by Gasteiger charge is -2.35. The summed E-state index contributed by atoms with van der Waals surface area (Å²) in [6.07, 6.45) is 7.75. The fourth-order valence-electron chi connectivity index (χ4n) is 2.06. The van der Waals surface area contributed by atoms with Crippen molar-refractivity contribution in [3.05, 3.63) is 24.0 Å². The van der Waals surface area contributed by atoms with Crippen LogP contribution in [0.25, 0.3) is 0 Å². The average molecular weight is 158 g/mol. The second-order valence-electron chi connectivity index (χ2n) is 3.64. The number of pyridine rings is 1. The summed E-state index contributed by atoms with van der Waals surface area (Å²) in [4.78, 5) is 8.80. The minimum absolute atomic E-state index is 0.247. The van der Waals surface area contributed by atoms with E-state index < -0.39 is 0 Å². The highest BCUT2D eigenvalue weighted by Crippen LogP contribution is 2.48. The number of nitrogens with zero attached hydrogens (tertiary/aromatic N) is 2. The molecule has 2 aliphatic rings. The molecule has 2 nitrogen and oxygen atoms in total. The Morgan fingerprint density at radius 1 is 1.33 bits per heavy atom. The Labute approximate surface area is 71.4 Å². The van der Waals surface area contributed by atoms with E-state index in [0.29, 0.717) is 0 Å². The van der Waals surface area contributed by atoms with Crippen molar-refractivity contribution in [2.24, 2.45) is 4.99 Å². The highest BCUT2D eigenvalue weighted by Gasteiger charge is 2.42. The molecule has 1 aromatic rings. The molecule has 1 aromatic heterocycles. The molecule has 0 atom stereocenters. The van der Waals surface area contributed by atoms with Crippen molar-refractivity contribution >= 4 is 11.9 Å². The van der Waals surface area contributed by atoms with Crippen LogP contribution >= 0.6 is 0 Å². The first-order valence-corrected chi connectivity index (χ1v) is 4.41. The fourth-order valence-corrected chi connectivity index (χ4v) is 2.06. The van der Waals surface area contributed by atoms with Crippen molar-refractivity contribution in [3.63, 3.8) is 0 Å². The standard InChI is InChI=1S/C10H10N2/c1-3-8-9(11-6-1)10(7-12-8)4-2-5-10/h1,3,6-7H,2,4-5H2. The van der Waals surface area contributed by atoms with Crippen LogP contribution in [0.15, 0.2) is 23.3 Å². The zero-order valence-corrected chi connectivity index (χ0v) is 6.83. The van der Waals surface area contributed by atoms with Gasteiger partial charge in [0.15, 0.2) is 0 Å². The smallest absolute Gasteiger partial charge is 0.0851 e. The molecule has 1 spiro atoms. The molecule has 60 valence electrons. The zero-order chi connectivity index (χ0) is 8.02. The summed E-state index contributed by atoms with van der Waals surface area (Å²) in [6.45, 7) is 0. The molecule has 0 radical (unpaired) electrons. The van der Waals surface area contributed by atoms with Gasteiger partial charge in [0.2, 0.25) is 0 Å². The van der Waals surface area contributed by atoms with Crippen LogP contribution in [0.4, 0.5) is 5.69 Å². The first-order valence-electron chi connectivity index (χ1n) is 4.41. The Bertz CT molecular complexity index is 351. The molecule has 0 bridgehead atoms. The number of aliphatic imine (C=N–C) groups is 1. The Morgan fingerprint density at radius 3 is 3.00 bits per heavy atom. The first-order chi connectivity index (χ1) is 5.91. The highest BCUT2D eigenvalue weighted by atomic mass is 14.9. The van der Waals surface area contributed by atoms with E-state index in [-0.39, 0.29) is 5.41 Å². The van der Waals surface area contributed by atoms with Gasteiger partial charge in [0, 0.05) is 12.4 Å². The summed E-state index contributed by atoms with van der Waals surface area (Å²) in [5, 5.41) is 0. The van der Waals surface area contributed by atoms with Crippen LogP contribution in [0, 0.1) is 0 Å². The molecule has 1 aliphatic heterocycles. The van der Waals surface area contributed by atoms with E-state index in [9.17, 15) is 0 Å². The van der Waals surface area contributed by atoms with Crippen molar-refractivity contribution < 1.29 is 0 Å². The number of fused-ring (bicyclic) bond motifs is 2. The van der Waals surface area contributed by atoms with Crippen molar-refractivity contribution in [1.82, 2.24) is 4.98 Å². The van der Waals surface area contributed by atoms with E-state index in [4.69, 9.17) is 0 Å². The molecule has 0 aromatic carbocycles. The van der Waals surface area contributed by atoms with Crippen LogP contribution in [0.2, 0.25) is 0 Å². The van der Waals surface area contributed by atoms with Crippen LogP contribution in [0.1, 0.15) is 25.0 Å². The Balaban J connectivity index is 2.19. The lowest BCUT2D eigenvalue weighted by atomic mass is 9.68. The van der Waals surface area contributed by atoms with E-state index >= 15 is 0 Å². The van der Waals surface area contributed by atoms with Gasteiger partial charge >= 0.3 is 0 Å². The Morgan fingerprint density at radius 2 is 2.25 bits per heavy atom. The summed E-state index contributed by atoms with van der Waals surface area (Å²) in [5.41, 5.74) is 2.53. The van der Waals surface area contributed by atoms with Gasteiger partial charge in [-0.05, 0) is 25.0 Å². The maximum atomic E-state index is 4.41. The van der Waals surface area contributed by atoms with Gasteiger partial charge in [-0.3, -0.25) is 9.98 Å². The molecule has 12 heavy (non-hydrogen) atoms. The van der Waals surface area contributed by atoms with Gasteiger partial charge in [-0.1, -0.05) is 6.42 Å². The van der Waals surface area contributed by atoms with Crippen molar-refractivity contribution in [2.45, 2.75) is 24.7 Å². The number of rotatable bonds is 0. The second-order valence-corrected chi connectivity index (χ2v) is 3.64. The van der Waals surface area contributed by atoms with Crippen LogP contribution in [0.3, 0.4) is 0 Å². The topological polar surface area (TPSA) is 25.2 Å². The molecular weight excluding hydrogens is 148 g/mol. The zero-order valence-electron chi connectivity index (χ0n) is 6.83. The molecule has 0 unspecified atom stereocenters. The van der Waals surface area contributed by atoms with Crippen molar-refractivity contribution in [3.8, 4) is 0 Å². The summed E-state index contributed by atoms with van der Waals surface area (Å²) in [7, 11) is 0. The van der Waals surface area contributed by atoms with E-state index in [1.165, 1.54) is 25.0 Å². The van der Waals surface area contributed by atoms with Crippen molar-refractivity contribution in [1.29, 1.82) is 0 Å². The van der Waals surface area contributed by atoms with Gasteiger partial charge in [0.25, 0.3) is 0 Å². The predicted molar refractivity (Wildman–Crippen MR) is 47.9 cm³/mol. The number of hydrogen-bond acceptors (Lipinski definition) is 2. The SMILES string of the molecule is C1=Nc2cccnc2C12CCC2. The molecule has 2 heteroatoms. The third kappa shape index (κ3) is 0.607. The molecule has 0 N–H and O–H groups in total. The Kier molecular flexibility index (Phi) is 1.03. The average Bonchev–Trinajstić information content (AvgIpc) is 2.42. The predicted octanol–water partition coefficient (Wildman–Crippen LogP) is 2.22. The fraction of sp³-hybridized carbons (Fsp3) is 0.400. The molecular formula is C10H10N2. The van der Waals surface area contributed by atoms with Crippen LogP contribution in [0.5, 0.6) is 0 Å². The molecule has 1 fully saturated rings. The molecule has 0 saturated heterocycles. The lowest BCUT2D eigenvalue weighted by Crippen LogP contribution is -2.34. The number of hydrogen-bond donors (Lipinski definition) is 0. The largest absolute Gasteiger partial charge is 0.258 e. The van der Waals surface area contributed by atoms with Crippen molar-refractivity contribution in [2.75, 3.05) is 0 Å². The maximum absolute atomic E-state index is 4.41. The molecule has 3 rings (SSSR count). The normalized spacial score (nSPS) is 22.3. The lowest BCUT2D eigenvalue weighted by molar-refractivity contribution is 0.346. The first kappa shape index (κ1) is 6.35. The van der Waals surface area contributed by atoms with E-state index in [1.807, 2.05) is 18.3 Å². The minimum Gasteiger partial charge on any atom is -0.258 e. The van der Waals surface area contributed by atoms with Gasteiger partial charge in [0.1, 0.15) is 0 Å². The van der Waals surface area contributed by atoms with Gasteiger partial charge in [-0.25, -0.2) is 0 Å². The second kappa shape index (κ2) is 1.94. The van der Waals surface area contributed by atoms with Gasteiger partial charge < -0.3 is 0 Å². The molecule has 1 aliphatic carbocycles. The number of aromatic nitrogens is 1. The molecule has 0 amide bonds. The van der Waals surface area contributed by atoms with Crippen LogP contribution in [-0.4, -0.2) is 11.2 Å². The van der Waals surface area contributed by atoms with Gasteiger partial charge in [-0.2, -0.15) is 0 Å². The quantitative estimate of drug-likeness (QED) is 0.568. The summed E-state index contributed by atoms with van der Waals surface area (Å²) < 4.78 is 0. The minimum atomic E-state index is 0.247. The van der Waals surface area contributed by atoms with Gasteiger partial charge in [-0.15, -0.1) is 0 Å². The van der Waals surface area contributed by atoms with E-state index in [1.54, 1.807) is 0 Å². The summed E-state index contributed by atoms with van der Waals surface area (Å²) >= 11 is 0. The van der Waals surface area contributed by atoms with Gasteiger partial charge in [0.05, 0.1) is 16.8 Å². The van der Waals surface area contributed by atoms with E-state index in [2.05, 4.69) is 16.2 Å². The summed E-state index contributed by atoms with van der Waals surface area (Å²) in [6, 6.07) is 4.00. The van der Waals surface area contributed by atoms with Crippen LogP contribution in [-0.2, 0) is 5.41 Å². The molecule has 1 saturated carbocycles. The monoisotopic (exact) mass is 158 g/mol. The molecule has 2 heterocycles. The van der Waals surface area contributed by atoms with Crippen LogP contribution < -0.4 is 0 Å². The maximum Gasteiger partial charge on any atom is 0.0851 e. The summed E-state index contributed by atoms with van der Waals surface area (Å²) in [5.74, 6) is 0. The third-order valence-electron chi connectivity index (χ3n) is 2.95. The highest BCUT2D eigenvalue weighted by molar-refractivity contribution is 5.84. The Hall–Kier alpha value is -1.18.